The number of quaternary nitrogens is 1. The summed E-state index contributed by atoms with van der Waals surface area (Å²) in [6, 6.07) is 7.87. The summed E-state index contributed by atoms with van der Waals surface area (Å²) in [4.78, 5) is 25.2. The third-order valence-corrected chi connectivity index (χ3v) is 5.20. The van der Waals surface area contributed by atoms with E-state index in [2.05, 4.69) is 0 Å². The number of carboxylic acids is 1. The van der Waals surface area contributed by atoms with E-state index >= 15 is 0 Å². The quantitative estimate of drug-likeness (QED) is 0.436. The maximum absolute atomic E-state index is 13.7. The second-order valence-corrected chi connectivity index (χ2v) is 7.04. The molecule has 2 aromatic carbocycles. The molecule has 0 radical (unpaired) electrons. The number of rotatable bonds is 5. The van der Waals surface area contributed by atoms with Gasteiger partial charge in [0.1, 0.15) is 24.6 Å². The molecule has 0 saturated carbocycles. The Hall–Kier alpha value is -3.04. The minimum atomic E-state index is -4.70. The van der Waals surface area contributed by atoms with Gasteiger partial charge in [-0.1, -0.05) is 12.1 Å². The van der Waals surface area contributed by atoms with Gasteiger partial charge in [0.05, 0.1) is 12.2 Å². The molecule has 0 aliphatic carbocycles. The smallest absolute Gasteiger partial charge is 0.416 e. The van der Waals surface area contributed by atoms with Crippen LogP contribution in [0.1, 0.15) is 23.6 Å². The predicted molar refractivity (Wildman–Crippen MR) is 101 cm³/mol. The molecule has 0 fully saturated rings. The lowest BCUT2D eigenvalue weighted by atomic mass is 9.89. The Kier molecular flexibility index (Phi) is 5.53. The van der Waals surface area contributed by atoms with Gasteiger partial charge in [-0.2, -0.15) is 13.2 Å². The summed E-state index contributed by atoms with van der Waals surface area (Å²) in [7, 11) is 0. The molecule has 0 spiro atoms. The molecule has 30 heavy (non-hydrogen) atoms. The van der Waals surface area contributed by atoms with Gasteiger partial charge in [-0.05, 0) is 36.8 Å². The molecule has 0 bridgehead atoms. The summed E-state index contributed by atoms with van der Waals surface area (Å²) < 4.78 is 52.9. The molecule has 5 nitrogen and oxygen atoms in total. The van der Waals surface area contributed by atoms with Crippen LogP contribution in [0.5, 0.6) is 0 Å². The molecule has 3 rings (SSSR count). The maximum atomic E-state index is 13.7. The molecule has 2 N–H and O–H groups in total. The third kappa shape index (κ3) is 3.61. The number of halogens is 4. The number of benzene rings is 2. The van der Waals surface area contributed by atoms with Gasteiger partial charge >= 0.3 is 18.1 Å². The Morgan fingerprint density at radius 2 is 1.83 bits per heavy atom. The van der Waals surface area contributed by atoms with Crippen molar-refractivity contribution in [3.05, 3.63) is 70.5 Å². The number of nitrogens with zero attached hydrogens (tertiary/aromatic N) is 1. The highest BCUT2D eigenvalue weighted by molar-refractivity contribution is 6.26. The normalized spacial score (nSPS) is 19.1. The summed E-state index contributed by atoms with van der Waals surface area (Å²) >= 11 is 0. The van der Waals surface area contributed by atoms with Crippen LogP contribution in [-0.2, 0) is 22.3 Å². The lowest BCUT2D eigenvalue weighted by Gasteiger charge is -2.39. The van der Waals surface area contributed by atoms with Crippen molar-refractivity contribution in [3.8, 4) is 0 Å². The summed E-state index contributed by atoms with van der Waals surface area (Å²) in [5, 5.41) is 19.3. The van der Waals surface area contributed by atoms with Crippen LogP contribution in [0.3, 0.4) is 0 Å². The van der Waals surface area contributed by atoms with Crippen LogP contribution >= 0.6 is 0 Å². The fraction of sp³-hybridized carbons (Fsp3) is 0.238. The highest BCUT2D eigenvalue weighted by Crippen LogP contribution is 2.44. The molecular weight excluding hydrogens is 406 g/mol. The number of aliphatic hydroxyl groups is 1. The van der Waals surface area contributed by atoms with E-state index in [4.69, 9.17) is 0 Å². The lowest BCUT2D eigenvalue weighted by Crippen LogP contribution is -2.58. The van der Waals surface area contributed by atoms with Gasteiger partial charge in [0.2, 0.25) is 0 Å². The van der Waals surface area contributed by atoms with E-state index in [9.17, 15) is 37.4 Å². The number of allylic oxidation sites excluding steroid dienone is 1. The average Bonchev–Trinajstić information content (AvgIpc) is 2.65. The van der Waals surface area contributed by atoms with Crippen LogP contribution in [0.4, 0.5) is 23.2 Å². The largest absolute Gasteiger partial charge is 0.477 e. The number of aliphatic carboxylic acids is 1. The van der Waals surface area contributed by atoms with Gasteiger partial charge in [0.25, 0.3) is 0 Å². The van der Waals surface area contributed by atoms with Crippen molar-refractivity contribution in [3.63, 3.8) is 0 Å². The Morgan fingerprint density at radius 3 is 2.40 bits per heavy atom. The van der Waals surface area contributed by atoms with Crippen LogP contribution in [0.15, 0.2) is 48.0 Å². The third-order valence-electron chi connectivity index (χ3n) is 5.20. The lowest BCUT2D eigenvalue weighted by molar-refractivity contribution is -0.140. The van der Waals surface area contributed by atoms with Crippen LogP contribution in [0.25, 0.3) is 5.57 Å². The van der Waals surface area contributed by atoms with Gasteiger partial charge in [-0.15, -0.1) is 0 Å². The summed E-state index contributed by atoms with van der Waals surface area (Å²) in [5.41, 5.74) is -1.22. The van der Waals surface area contributed by atoms with Crippen LogP contribution in [-0.4, -0.2) is 35.2 Å². The number of carbonyl (C=O) groups is 2. The fourth-order valence-electron chi connectivity index (χ4n) is 3.83. The Balaban J connectivity index is 2.34. The number of alkyl halides is 3. The highest BCUT2D eigenvalue weighted by atomic mass is 19.4. The van der Waals surface area contributed by atoms with Gasteiger partial charge in [0.15, 0.2) is 5.57 Å². The standard InChI is InChI=1S/C21H17F4NO4/c1-12-16-6-5-14(21(23,24)25)10-17(16)26(7-8-27,19(28)18(12)20(29)30)11-13-3-2-4-15(22)9-13/h2-6,9-10,27H,7-8,11H2,1H3/p+1. The first-order chi connectivity index (χ1) is 14.0. The molecule has 158 valence electrons. The Morgan fingerprint density at radius 1 is 1.13 bits per heavy atom. The van der Waals surface area contributed by atoms with Crippen molar-refractivity contribution >= 4 is 23.1 Å². The summed E-state index contributed by atoms with van der Waals surface area (Å²) in [5.74, 6) is -3.11. The average molecular weight is 424 g/mol. The minimum Gasteiger partial charge on any atom is -0.477 e. The number of fused-ring (bicyclic) bond motifs is 1. The topological polar surface area (TPSA) is 74.6 Å². The Labute approximate surface area is 169 Å². The molecule has 1 unspecified atom stereocenters. The van der Waals surface area contributed by atoms with Gasteiger partial charge in [-0.25, -0.2) is 18.5 Å². The van der Waals surface area contributed by atoms with Crippen molar-refractivity contribution in [1.29, 1.82) is 0 Å². The highest BCUT2D eigenvalue weighted by Gasteiger charge is 2.50. The molecular formula is C21H18F4NO4+. The van der Waals surface area contributed by atoms with E-state index in [1.54, 1.807) is 0 Å². The van der Waals surface area contributed by atoms with Gasteiger partial charge in [-0.3, -0.25) is 0 Å². The molecule has 1 amide bonds. The summed E-state index contributed by atoms with van der Waals surface area (Å²) in [6.45, 7) is 0.0361. The Bertz CT molecular complexity index is 1060. The first-order valence-electron chi connectivity index (χ1n) is 8.95. The molecule has 0 aromatic heterocycles. The van der Waals surface area contributed by atoms with Crippen molar-refractivity contribution in [2.75, 3.05) is 13.2 Å². The molecule has 1 aliphatic rings. The zero-order chi connectivity index (χ0) is 22.3. The zero-order valence-corrected chi connectivity index (χ0v) is 15.8. The monoisotopic (exact) mass is 424 g/mol. The van der Waals surface area contributed by atoms with Gasteiger partial charge in [0, 0.05) is 17.2 Å². The van der Waals surface area contributed by atoms with Crippen LogP contribution in [0.2, 0.25) is 0 Å². The van der Waals surface area contributed by atoms with E-state index in [1.165, 1.54) is 25.1 Å². The minimum absolute atomic E-state index is 0.0298. The van der Waals surface area contributed by atoms with E-state index in [0.717, 1.165) is 24.3 Å². The second-order valence-electron chi connectivity index (χ2n) is 7.04. The molecule has 9 heteroatoms. The zero-order valence-electron chi connectivity index (χ0n) is 15.8. The molecule has 1 aliphatic heterocycles. The molecule has 2 aromatic rings. The van der Waals surface area contributed by atoms with Crippen molar-refractivity contribution in [2.45, 2.75) is 19.6 Å². The van der Waals surface area contributed by atoms with Crippen molar-refractivity contribution < 1.29 is 37.4 Å². The first-order valence-corrected chi connectivity index (χ1v) is 8.95. The number of carbonyl (C=O) groups excluding carboxylic acids is 1. The molecule has 1 atom stereocenters. The van der Waals surface area contributed by atoms with E-state index in [0.29, 0.717) is 0 Å². The van der Waals surface area contributed by atoms with E-state index in [-0.39, 0.29) is 35.5 Å². The van der Waals surface area contributed by atoms with E-state index in [1.807, 2.05) is 0 Å². The number of amides is 1. The second kappa shape index (κ2) is 7.66. The number of aliphatic hydroxyl groups excluding tert-OH is 1. The SMILES string of the molecule is CC1=C(C(=O)O)C(=O)[N+](CCO)(Cc2cccc(F)c2)c2cc(C(F)(F)F)ccc21. The van der Waals surface area contributed by atoms with Crippen LogP contribution in [0, 0.1) is 5.82 Å². The fourth-order valence-corrected chi connectivity index (χ4v) is 3.83. The van der Waals surface area contributed by atoms with Crippen LogP contribution < -0.4 is 4.48 Å². The summed E-state index contributed by atoms with van der Waals surface area (Å²) in [6.07, 6.45) is -4.70. The van der Waals surface area contributed by atoms with Gasteiger partial charge < -0.3 is 10.2 Å². The van der Waals surface area contributed by atoms with Crippen molar-refractivity contribution in [2.24, 2.45) is 0 Å². The molecule has 0 saturated heterocycles. The number of hydrogen-bond donors (Lipinski definition) is 2. The first kappa shape index (κ1) is 21.7. The molecule has 1 heterocycles. The predicted octanol–water partition coefficient (Wildman–Crippen LogP) is 3.74. The number of hydrogen-bond acceptors (Lipinski definition) is 3. The van der Waals surface area contributed by atoms with Crippen molar-refractivity contribution in [1.82, 2.24) is 4.48 Å². The van der Waals surface area contributed by atoms with E-state index < -0.39 is 46.1 Å². The number of carboxylic acid groups (broad SMARTS) is 1. The maximum Gasteiger partial charge on any atom is 0.416 e.